The average Bonchev–Trinajstić information content (AvgIpc) is 3.14. The zero-order chi connectivity index (χ0) is 21.3. The summed E-state index contributed by atoms with van der Waals surface area (Å²) in [6.07, 6.45) is 0. The van der Waals surface area contributed by atoms with Gasteiger partial charge in [-0.3, -0.25) is 15.2 Å². The molecule has 0 radical (unpaired) electrons. The molecule has 0 aliphatic carbocycles. The average molecular weight is 422 g/mol. The van der Waals surface area contributed by atoms with Gasteiger partial charge in [0, 0.05) is 34.3 Å². The minimum Gasteiger partial charge on any atom is -0.394 e. The summed E-state index contributed by atoms with van der Waals surface area (Å²) in [5.74, 6) is 1.30. The van der Waals surface area contributed by atoms with Crippen LogP contribution < -0.4 is 11.1 Å². The second-order valence-corrected chi connectivity index (χ2v) is 6.96. The van der Waals surface area contributed by atoms with Gasteiger partial charge in [0.2, 0.25) is 0 Å². The molecular weight excluding hydrogens is 406 g/mol. The number of H-pyrrole nitrogens is 1. The van der Waals surface area contributed by atoms with Gasteiger partial charge in [-0.25, -0.2) is 9.97 Å². The van der Waals surface area contributed by atoms with Crippen LogP contribution in [0.5, 0.6) is 0 Å². The maximum atomic E-state index is 11.2. The number of hydrogen-bond acceptors (Lipinski definition) is 7. The molecule has 0 saturated carbocycles. The third-order valence-corrected chi connectivity index (χ3v) is 4.55. The van der Waals surface area contributed by atoms with E-state index in [0.717, 1.165) is 5.69 Å². The number of nitro groups is 1. The summed E-state index contributed by atoms with van der Waals surface area (Å²) >= 11 is 6.13. The highest BCUT2D eigenvalue weighted by atomic mass is 35.5. The van der Waals surface area contributed by atoms with Crippen LogP contribution in [0.1, 0.15) is 5.69 Å². The molecule has 0 saturated heterocycles. The lowest BCUT2D eigenvalue weighted by Crippen LogP contribution is -2.06. The molecule has 150 valence electrons. The van der Waals surface area contributed by atoms with Gasteiger partial charge in [0.15, 0.2) is 11.6 Å². The quantitative estimate of drug-likeness (QED) is 0.313. The van der Waals surface area contributed by atoms with E-state index in [9.17, 15) is 10.1 Å². The van der Waals surface area contributed by atoms with Crippen molar-refractivity contribution < 1.29 is 4.92 Å². The zero-order valence-electron chi connectivity index (χ0n) is 15.8. The predicted octanol–water partition coefficient (Wildman–Crippen LogP) is 4.73. The fourth-order valence-corrected chi connectivity index (χ4v) is 3.11. The minimum atomic E-state index is -0.467. The Balaban J connectivity index is 1.89. The van der Waals surface area contributed by atoms with Gasteiger partial charge < -0.3 is 11.1 Å². The third-order valence-electron chi connectivity index (χ3n) is 4.32. The Labute approximate surface area is 176 Å². The van der Waals surface area contributed by atoms with Crippen LogP contribution in [-0.2, 0) is 0 Å². The SMILES string of the molecule is Cc1cc(Nc2nc(-c3cccc(Cl)c3)nc(-c3cccc([N+](=O)[O-])c3)c2N)[nH]n1. The van der Waals surface area contributed by atoms with E-state index in [1.54, 1.807) is 36.4 Å². The molecule has 0 aliphatic heterocycles. The second kappa shape index (κ2) is 7.80. The number of benzene rings is 2. The maximum Gasteiger partial charge on any atom is 0.270 e. The molecule has 10 heteroatoms. The molecule has 2 aromatic carbocycles. The Bertz CT molecular complexity index is 1260. The topological polar surface area (TPSA) is 136 Å². The highest BCUT2D eigenvalue weighted by Crippen LogP contribution is 2.34. The zero-order valence-corrected chi connectivity index (χ0v) is 16.5. The number of halogens is 1. The van der Waals surface area contributed by atoms with Crippen molar-refractivity contribution in [3.05, 3.63) is 75.4 Å². The number of nitrogens with two attached hydrogens (primary N) is 1. The number of nitrogens with zero attached hydrogens (tertiary/aromatic N) is 4. The van der Waals surface area contributed by atoms with Crippen molar-refractivity contribution in [1.29, 1.82) is 0 Å². The number of anilines is 3. The highest BCUT2D eigenvalue weighted by Gasteiger charge is 2.18. The first-order valence-electron chi connectivity index (χ1n) is 8.88. The molecule has 0 unspecified atom stereocenters. The summed E-state index contributed by atoms with van der Waals surface area (Å²) in [5, 5.41) is 21.8. The first kappa shape index (κ1) is 19.3. The van der Waals surface area contributed by atoms with E-state index in [-0.39, 0.29) is 11.4 Å². The lowest BCUT2D eigenvalue weighted by atomic mass is 10.1. The minimum absolute atomic E-state index is 0.0616. The number of rotatable bonds is 5. The molecule has 4 N–H and O–H groups in total. The molecule has 4 rings (SSSR count). The number of non-ortho nitro benzene ring substituents is 1. The monoisotopic (exact) mass is 421 g/mol. The molecule has 30 heavy (non-hydrogen) atoms. The molecule has 9 nitrogen and oxygen atoms in total. The van der Waals surface area contributed by atoms with Gasteiger partial charge in [0.1, 0.15) is 11.5 Å². The van der Waals surface area contributed by atoms with Crippen LogP contribution >= 0.6 is 11.6 Å². The largest absolute Gasteiger partial charge is 0.394 e. The van der Waals surface area contributed by atoms with Gasteiger partial charge in [0.05, 0.1) is 16.3 Å². The van der Waals surface area contributed by atoms with E-state index < -0.39 is 4.92 Å². The van der Waals surface area contributed by atoms with Gasteiger partial charge in [-0.1, -0.05) is 35.9 Å². The first-order valence-corrected chi connectivity index (χ1v) is 9.26. The van der Waals surface area contributed by atoms with Crippen molar-refractivity contribution in [3.8, 4) is 22.6 Å². The molecule has 2 heterocycles. The predicted molar refractivity (Wildman–Crippen MR) is 116 cm³/mol. The molecule has 4 aromatic rings. The van der Waals surface area contributed by atoms with E-state index in [4.69, 9.17) is 17.3 Å². The number of aryl methyl sites for hydroxylation is 1. The van der Waals surface area contributed by atoms with E-state index in [0.29, 0.717) is 39.3 Å². The van der Waals surface area contributed by atoms with Gasteiger partial charge >= 0.3 is 0 Å². The Morgan fingerprint density at radius 1 is 1.10 bits per heavy atom. The summed E-state index contributed by atoms with van der Waals surface area (Å²) in [5.41, 5.74) is 8.87. The van der Waals surface area contributed by atoms with Gasteiger partial charge in [-0.2, -0.15) is 5.10 Å². The molecule has 0 aliphatic rings. The Kier molecular flexibility index (Phi) is 5.03. The fourth-order valence-electron chi connectivity index (χ4n) is 2.92. The molecule has 0 bridgehead atoms. The van der Waals surface area contributed by atoms with Crippen molar-refractivity contribution >= 4 is 34.6 Å². The number of aromatic amines is 1. The van der Waals surface area contributed by atoms with Crippen LogP contribution in [0.4, 0.5) is 23.0 Å². The smallest absolute Gasteiger partial charge is 0.270 e. The van der Waals surface area contributed by atoms with Gasteiger partial charge in [-0.15, -0.1) is 0 Å². The Hall–Kier alpha value is -3.98. The maximum absolute atomic E-state index is 11.2. The lowest BCUT2D eigenvalue weighted by molar-refractivity contribution is -0.384. The van der Waals surface area contributed by atoms with Crippen LogP contribution in [-0.4, -0.2) is 25.1 Å². The second-order valence-electron chi connectivity index (χ2n) is 6.52. The Morgan fingerprint density at radius 3 is 2.57 bits per heavy atom. The molecule has 0 amide bonds. The first-order chi connectivity index (χ1) is 14.4. The Morgan fingerprint density at radius 2 is 1.87 bits per heavy atom. The number of nitrogen functional groups attached to an aromatic ring is 1. The standard InChI is InChI=1S/C20H16ClN7O2/c1-11-8-16(27-26-11)23-20-17(22)18(12-4-3-7-15(10-12)28(29)30)24-19(25-20)13-5-2-6-14(21)9-13/h2-10H,22H2,1H3,(H2,23,24,25,26,27). The molecule has 2 aromatic heterocycles. The van der Waals surface area contributed by atoms with Crippen LogP contribution in [0.15, 0.2) is 54.6 Å². The van der Waals surface area contributed by atoms with Crippen molar-refractivity contribution in [2.45, 2.75) is 6.92 Å². The summed E-state index contributed by atoms with van der Waals surface area (Å²) in [7, 11) is 0. The molecule has 0 spiro atoms. The fraction of sp³-hybridized carbons (Fsp3) is 0.0500. The number of aromatic nitrogens is 4. The van der Waals surface area contributed by atoms with E-state index >= 15 is 0 Å². The normalized spacial score (nSPS) is 10.7. The van der Waals surface area contributed by atoms with Crippen molar-refractivity contribution in [3.63, 3.8) is 0 Å². The van der Waals surface area contributed by atoms with E-state index in [2.05, 4.69) is 25.5 Å². The van der Waals surface area contributed by atoms with E-state index in [1.165, 1.54) is 12.1 Å². The van der Waals surface area contributed by atoms with Crippen molar-refractivity contribution in [1.82, 2.24) is 20.2 Å². The lowest BCUT2D eigenvalue weighted by Gasteiger charge is -2.13. The summed E-state index contributed by atoms with van der Waals surface area (Å²) in [6, 6.07) is 15.0. The number of nitrogens with one attached hydrogen (secondary N) is 2. The molecule has 0 fully saturated rings. The van der Waals surface area contributed by atoms with Gasteiger partial charge in [0.25, 0.3) is 5.69 Å². The van der Waals surface area contributed by atoms with Crippen LogP contribution in [0.3, 0.4) is 0 Å². The van der Waals surface area contributed by atoms with Crippen LogP contribution in [0.2, 0.25) is 5.02 Å². The number of hydrogen-bond donors (Lipinski definition) is 3. The highest BCUT2D eigenvalue weighted by molar-refractivity contribution is 6.30. The van der Waals surface area contributed by atoms with Gasteiger partial charge in [-0.05, 0) is 19.1 Å². The van der Waals surface area contributed by atoms with Crippen molar-refractivity contribution in [2.24, 2.45) is 0 Å². The van der Waals surface area contributed by atoms with Crippen LogP contribution in [0, 0.1) is 17.0 Å². The number of nitro benzene ring substituents is 1. The summed E-state index contributed by atoms with van der Waals surface area (Å²) in [6.45, 7) is 1.84. The summed E-state index contributed by atoms with van der Waals surface area (Å²) < 4.78 is 0. The third kappa shape index (κ3) is 3.91. The van der Waals surface area contributed by atoms with E-state index in [1.807, 2.05) is 13.0 Å². The molecular formula is C20H16ClN7O2. The van der Waals surface area contributed by atoms with Crippen LogP contribution in [0.25, 0.3) is 22.6 Å². The molecule has 0 atom stereocenters. The van der Waals surface area contributed by atoms with Crippen molar-refractivity contribution in [2.75, 3.05) is 11.1 Å². The summed E-state index contributed by atoms with van der Waals surface area (Å²) in [4.78, 5) is 19.9.